The standard InChI is InChI=1S/C17H18N2O2S/c20-15(12-21-13-16-7-4-10-22-16)11-19-9-8-18-17(19)14-5-2-1-3-6-14/h1-10,15,20H,11-13H2/t15-/m0/s1. The molecule has 0 spiro atoms. The van der Waals surface area contributed by atoms with Crippen LogP contribution in [-0.2, 0) is 17.9 Å². The van der Waals surface area contributed by atoms with Crippen molar-refractivity contribution in [3.8, 4) is 11.4 Å². The molecule has 0 saturated heterocycles. The molecule has 2 aromatic heterocycles. The van der Waals surface area contributed by atoms with E-state index < -0.39 is 6.10 Å². The Kier molecular flexibility index (Phi) is 5.00. The summed E-state index contributed by atoms with van der Waals surface area (Å²) in [7, 11) is 0. The molecular formula is C17H18N2O2S. The number of nitrogens with zero attached hydrogens (tertiary/aromatic N) is 2. The van der Waals surface area contributed by atoms with Gasteiger partial charge >= 0.3 is 0 Å². The fourth-order valence-electron chi connectivity index (χ4n) is 2.27. The lowest BCUT2D eigenvalue weighted by atomic mass is 10.2. The number of ether oxygens (including phenoxy) is 1. The van der Waals surface area contributed by atoms with E-state index in [0.717, 1.165) is 11.4 Å². The Bertz CT molecular complexity index is 680. The maximum Gasteiger partial charge on any atom is 0.139 e. The zero-order valence-electron chi connectivity index (χ0n) is 12.1. The third-order valence-electron chi connectivity index (χ3n) is 3.29. The molecule has 0 unspecified atom stereocenters. The Balaban J connectivity index is 1.56. The molecule has 0 aliphatic heterocycles. The van der Waals surface area contributed by atoms with Crippen LogP contribution in [0.3, 0.4) is 0 Å². The van der Waals surface area contributed by atoms with E-state index in [0.29, 0.717) is 19.8 Å². The molecule has 3 aromatic rings. The second-order valence-corrected chi connectivity index (χ2v) is 6.05. The van der Waals surface area contributed by atoms with Crippen LogP contribution in [0.25, 0.3) is 11.4 Å². The molecule has 0 aliphatic rings. The van der Waals surface area contributed by atoms with Gasteiger partial charge in [-0.2, -0.15) is 0 Å². The smallest absolute Gasteiger partial charge is 0.139 e. The number of benzene rings is 1. The van der Waals surface area contributed by atoms with E-state index in [1.807, 2.05) is 58.6 Å². The zero-order chi connectivity index (χ0) is 15.2. The summed E-state index contributed by atoms with van der Waals surface area (Å²) in [5.41, 5.74) is 1.04. The average Bonchev–Trinajstić information content (AvgIpc) is 3.20. The van der Waals surface area contributed by atoms with E-state index in [9.17, 15) is 5.11 Å². The molecule has 1 N–H and O–H groups in total. The summed E-state index contributed by atoms with van der Waals surface area (Å²) in [4.78, 5) is 5.54. The first-order valence-electron chi connectivity index (χ1n) is 7.17. The lowest BCUT2D eigenvalue weighted by Gasteiger charge is -2.14. The Hall–Kier alpha value is -1.95. The maximum atomic E-state index is 10.2. The zero-order valence-corrected chi connectivity index (χ0v) is 12.9. The van der Waals surface area contributed by atoms with E-state index in [1.54, 1.807) is 17.5 Å². The van der Waals surface area contributed by atoms with E-state index in [4.69, 9.17) is 4.74 Å². The first-order valence-corrected chi connectivity index (χ1v) is 8.05. The van der Waals surface area contributed by atoms with Gasteiger partial charge in [-0.05, 0) is 11.4 Å². The van der Waals surface area contributed by atoms with Gasteiger partial charge < -0.3 is 14.4 Å². The van der Waals surface area contributed by atoms with Crippen molar-refractivity contribution in [1.82, 2.24) is 9.55 Å². The molecule has 3 rings (SSSR count). The van der Waals surface area contributed by atoms with Crippen LogP contribution in [0.5, 0.6) is 0 Å². The van der Waals surface area contributed by atoms with Gasteiger partial charge in [-0.15, -0.1) is 11.3 Å². The predicted octanol–water partition coefficient (Wildman–Crippen LogP) is 3.19. The van der Waals surface area contributed by atoms with Crippen molar-refractivity contribution < 1.29 is 9.84 Å². The molecule has 1 aromatic carbocycles. The lowest BCUT2D eigenvalue weighted by Crippen LogP contribution is -2.22. The molecule has 0 aliphatic carbocycles. The van der Waals surface area contributed by atoms with Gasteiger partial charge in [0, 0.05) is 22.8 Å². The first kappa shape index (κ1) is 15.0. The molecule has 0 bridgehead atoms. The summed E-state index contributed by atoms with van der Waals surface area (Å²) in [6.07, 6.45) is 3.07. The van der Waals surface area contributed by atoms with Gasteiger partial charge in [0.05, 0.1) is 25.9 Å². The number of thiophene rings is 1. The minimum atomic E-state index is -0.559. The number of aliphatic hydroxyl groups excluding tert-OH is 1. The summed E-state index contributed by atoms with van der Waals surface area (Å²) in [5, 5.41) is 12.2. The number of hydrogen-bond donors (Lipinski definition) is 1. The molecule has 22 heavy (non-hydrogen) atoms. The summed E-state index contributed by atoms with van der Waals surface area (Å²) in [6.45, 7) is 1.32. The number of hydrogen-bond acceptors (Lipinski definition) is 4. The van der Waals surface area contributed by atoms with Gasteiger partial charge in [-0.1, -0.05) is 36.4 Å². The quantitative estimate of drug-likeness (QED) is 0.728. The van der Waals surface area contributed by atoms with Crippen molar-refractivity contribution in [3.63, 3.8) is 0 Å². The lowest BCUT2D eigenvalue weighted by molar-refractivity contribution is 0.0215. The van der Waals surface area contributed by atoms with Crippen molar-refractivity contribution >= 4 is 11.3 Å². The first-order chi connectivity index (χ1) is 10.8. The second kappa shape index (κ2) is 7.35. The number of imidazole rings is 1. The summed E-state index contributed by atoms with van der Waals surface area (Å²) in [5.74, 6) is 0.859. The molecule has 0 radical (unpaired) electrons. The van der Waals surface area contributed by atoms with Gasteiger partial charge in [0.25, 0.3) is 0 Å². The molecule has 1 atom stereocenters. The topological polar surface area (TPSA) is 47.3 Å². The van der Waals surface area contributed by atoms with Crippen molar-refractivity contribution in [1.29, 1.82) is 0 Å². The summed E-state index contributed by atoms with van der Waals surface area (Å²) in [6, 6.07) is 14.0. The average molecular weight is 314 g/mol. The van der Waals surface area contributed by atoms with Crippen LogP contribution in [0, 0.1) is 0 Å². The van der Waals surface area contributed by atoms with Gasteiger partial charge in [-0.3, -0.25) is 0 Å². The van der Waals surface area contributed by atoms with Gasteiger partial charge in [0.2, 0.25) is 0 Å². The van der Waals surface area contributed by atoms with Crippen molar-refractivity contribution in [2.75, 3.05) is 6.61 Å². The highest BCUT2D eigenvalue weighted by molar-refractivity contribution is 7.09. The molecule has 0 fully saturated rings. The van der Waals surface area contributed by atoms with E-state index in [-0.39, 0.29) is 0 Å². The van der Waals surface area contributed by atoms with Crippen LogP contribution in [0.2, 0.25) is 0 Å². The highest BCUT2D eigenvalue weighted by Crippen LogP contribution is 2.17. The normalized spacial score (nSPS) is 12.4. The second-order valence-electron chi connectivity index (χ2n) is 5.02. The minimum Gasteiger partial charge on any atom is -0.389 e. The monoisotopic (exact) mass is 314 g/mol. The summed E-state index contributed by atoms with van der Waals surface area (Å²) < 4.78 is 7.51. The molecule has 114 valence electrons. The summed E-state index contributed by atoms with van der Waals surface area (Å²) >= 11 is 1.66. The molecule has 2 heterocycles. The SMILES string of the molecule is O[C@H](COCc1cccs1)Cn1ccnc1-c1ccccc1. The van der Waals surface area contributed by atoms with Crippen molar-refractivity contribution in [2.24, 2.45) is 0 Å². The highest BCUT2D eigenvalue weighted by Gasteiger charge is 2.10. The number of rotatable bonds is 7. The van der Waals surface area contributed by atoms with Crippen molar-refractivity contribution in [3.05, 3.63) is 65.1 Å². The molecule has 0 amide bonds. The van der Waals surface area contributed by atoms with Gasteiger partial charge in [0.15, 0.2) is 0 Å². The molecule has 0 saturated carbocycles. The molecule has 4 nitrogen and oxygen atoms in total. The Labute approximate surface area is 133 Å². The third kappa shape index (κ3) is 3.82. The fraction of sp³-hybridized carbons (Fsp3) is 0.235. The van der Waals surface area contributed by atoms with E-state index in [2.05, 4.69) is 4.98 Å². The van der Waals surface area contributed by atoms with Crippen LogP contribution in [0.15, 0.2) is 60.2 Å². The van der Waals surface area contributed by atoms with Crippen LogP contribution in [0.1, 0.15) is 4.88 Å². The highest BCUT2D eigenvalue weighted by atomic mass is 32.1. The molecule has 5 heteroatoms. The van der Waals surface area contributed by atoms with E-state index in [1.165, 1.54) is 4.88 Å². The molecular weight excluding hydrogens is 296 g/mol. The Morgan fingerprint density at radius 1 is 1.18 bits per heavy atom. The van der Waals surface area contributed by atoms with Crippen LogP contribution < -0.4 is 0 Å². The Morgan fingerprint density at radius 3 is 2.82 bits per heavy atom. The van der Waals surface area contributed by atoms with Crippen LogP contribution in [-0.4, -0.2) is 27.4 Å². The van der Waals surface area contributed by atoms with E-state index >= 15 is 0 Å². The Morgan fingerprint density at radius 2 is 2.05 bits per heavy atom. The minimum absolute atomic E-state index is 0.310. The van der Waals surface area contributed by atoms with Crippen LogP contribution >= 0.6 is 11.3 Å². The number of aliphatic hydroxyl groups is 1. The van der Waals surface area contributed by atoms with Gasteiger partial charge in [0.1, 0.15) is 5.82 Å². The predicted molar refractivity (Wildman–Crippen MR) is 87.6 cm³/mol. The van der Waals surface area contributed by atoms with Gasteiger partial charge in [-0.25, -0.2) is 4.98 Å². The number of aromatic nitrogens is 2. The third-order valence-corrected chi connectivity index (χ3v) is 4.14. The van der Waals surface area contributed by atoms with Crippen molar-refractivity contribution in [2.45, 2.75) is 19.3 Å². The largest absolute Gasteiger partial charge is 0.389 e. The maximum absolute atomic E-state index is 10.2. The van der Waals surface area contributed by atoms with Crippen LogP contribution in [0.4, 0.5) is 0 Å². The fourth-order valence-corrected chi connectivity index (χ4v) is 2.91.